The van der Waals surface area contributed by atoms with Gasteiger partial charge in [-0.2, -0.15) is 0 Å². The Hall–Kier alpha value is -2.37. The Morgan fingerprint density at radius 1 is 1.35 bits per heavy atom. The number of carboxylic acid groups (broad SMARTS) is 1. The summed E-state index contributed by atoms with van der Waals surface area (Å²) in [6.45, 7) is 2.80. The smallest absolute Gasteiger partial charge is 0.306 e. The molecule has 2 heterocycles. The van der Waals surface area contributed by atoms with E-state index in [0.717, 1.165) is 22.2 Å². The van der Waals surface area contributed by atoms with E-state index in [1.165, 1.54) is 12.1 Å². The molecule has 5 nitrogen and oxygen atoms in total. The third kappa shape index (κ3) is 3.06. The first-order valence-corrected chi connectivity index (χ1v) is 7.73. The van der Waals surface area contributed by atoms with Crippen LogP contribution in [0.15, 0.2) is 18.2 Å². The van der Waals surface area contributed by atoms with E-state index in [1.54, 1.807) is 11.0 Å². The maximum Gasteiger partial charge on any atom is 0.306 e. The number of likely N-dealkylation sites (tertiary alicyclic amines) is 1. The van der Waals surface area contributed by atoms with Crippen molar-refractivity contribution in [2.45, 2.75) is 26.2 Å². The molecule has 6 heteroatoms. The fourth-order valence-corrected chi connectivity index (χ4v) is 3.22. The van der Waals surface area contributed by atoms with E-state index in [4.69, 9.17) is 5.11 Å². The number of benzene rings is 1. The van der Waals surface area contributed by atoms with Crippen LogP contribution in [0.4, 0.5) is 4.39 Å². The lowest BCUT2D eigenvalue weighted by atomic mass is 9.96. The zero-order valence-corrected chi connectivity index (χ0v) is 12.9. The average molecular weight is 318 g/mol. The van der Waals surface area contributed by atoms with Crippen LogP contribution in [0.25, 0.3) is 10.9 Å². The number of carbonyl (C=O) groups excluding carboxylic acids is 1. The van der Waals surface area contributed by atoms with Crippen molar-refractivity contribution in [1.82, 2.24) is 9.88 Å². The quantitative estimate of drug-likeness (QED) is 0.913. The summed E-state index contributed by atoms with van der Waals surface area (Å²) in [5.41, 5.74) is 2.49. The van der Waals surface area contributed by atoms with Gasteiger partial charge in [0.15, 0.2) is 0 Å². The van der Waals surface area contributed by atoms with Gasteiger partial charge in [-0.1, -0.05) is 0 Å². The number of carboxylic acids is 1. The van der Waals surface area contributed by atoms with Crippen LogP contribution >= 0.6 is 0 Å². The number of halogens is 1. The first-order chi connectivity index (χ1) is 11.0. The molecule has 3 rings (SSSR count). The number of aryl methyl sites for hydroxylation is 1. The normalized spacial score (nSPS) is 16.0. The topological polar surface area (TPSA) is 73.4 Å². The predicted molar refractivity (Wildman–Crippen MR) is 83.6 cm³/mol. The van der Waals surface area contributed by atoms with E-state index in [1.807, 2.05) is 6.92 Å². The number of amides is 1. The lowest BCUT2D eigenvalue weighted by Crippen LogP contribution is -2.41. The number of piperidine rings is 1. The standard InChI is InChI=1S/C17H19FN2O3/c1-10-13(14-8-12(18)2-3-15(14)19-10)9-16(21)20-6-4-11(5-7-20)17(22)23/h2-3,8,11,19H,4-7,9H2,1H3,(H,22,23). The zero-order valence-electron chi connectivity index (χ0n) is 12.9. The van der Waals surface area contributed by atoms with E-state index in [9.17, 15) is 14.0 Å². The summed E-state index contributed by atoms with van der Waals surface area (Å²) in [6.07, 6.45) is 1.18. The van der Waals surface area contributed by atoms with Crippen molar-refractivity contribution in [2.75, 3.05) is 13.1 Å². The number of hydrogen-bond acceptors (Lipinski definition) is 2. The molecule has 1 fully saturated rings. The van der Waals surface area contributed by atoms with E-state index >= 15 is 0 Å². The van der Waals surface area contributed by atoms with Crippen LogP contribution in [-0.4, -0.2) is 40.0 Å². The molecule has 1 saturated heterocycles. The highest BCUT2D eigenvalue weighted by Gasteiger charge is 2.27. The van der Waals surface area contributed by atoms with Crippen LogP contribution in [0.3, 0.4) is 0 Å². The van der Waals surface area contributed by atoms with Crippen LogP contribution in [0.1, 0.15) is 24.1 Å². The highest BCUT2D eigenvalue weighted by Crippen LogP contribution is 2.25. The molecule has 1 amide bonds. The van der Waals surface area contributed by atoms with Crippen LogP contribution < -0.4 is 0 Å². The Bertz CT molecular complexity index is 761. The first kappa shape index (κ1) is 15.5. The van der Waals surface area contributed by atoms with Gasteiger partial charge < -0.3 is 15.0 Å². The van der Waals surface area contributed by atoms with Gasteiger partial charge in [0.25, 0.3) is 0 Å². The minimum absolute atomic E-state index is 0.0397. The van der Waals surface area contributed by atoms with E-state index in [2.05, 4.69) is 4.98 Å². The maximum absolute atomic E-state index is 13.5. The van der Waals surface area contributed by atoms with Crippen LogP contribution in [0, 0.1) is 18.7 Å². The molecule has 0 radical (unpaired) electrons. The molecule has 0 saturated carbocycles. The summed E-state index contributed by atoms with van der Waals surface area (Å²) in [5, 5.41) is 9.74. The van der Waals surface area contributed by atoms with Crippen molar-refractivity contribution >= 4 is 22.8 Å². The number of aromatic nitrogens is 1. The van der Waals surface area contributed by atoms with Gasteiger partial charge >= 0.3 is 5.97 Å². The van der Waals surface area contributed by atoms with Crippen molar-refractivity contribution in [1.29, 1.82) is 0 Å². The summed E-state index contributed by atoms with van der Waals surface area (Å²) >= 11 is 0. The van der Waals surface area contributed by atoms with Gasteiger partial charge in [-0.15, -0.1) is 0 Å². The lowest BCUT2D eigenvalue weighted by molar-refractivity contribution is -0.145. The van der Waals surface area contributed by atoms with Crippen LogP contribution in [-0.2, 0) is 16.0 Å². The molecule has 1 aromatic heterocycles. The molecule has 1 aliphatic heterocycles. The maximum atomic E-state index is 13.5. The highest BCUT2D eigenvalue weighted by molar-refractivity contribution is 5.90. The van der Waals surface area contributed by atoms with Crippen molar-refractivity contribution in [2.24, 2.45) is 5.92 Å². The summed E-state index contributed by atoms with van der Waals surface area (Å²) in [6, 6.07) is 4.50. The minimum atomic E-state index is -0.792. The van der Waals surface area contributed by atoms with Gasteiger partial charge in [-0.25, -0.2) is 4.39 Å². The number of nitrogens with zero attached hydrogens (tertiary/aromatic N) is 1. The number of rotatable bonds is 3. The zero-order chi connectivity index (χ0) is 16.6. The van der Waals surface area contributed by atoms with Gasteiger partial charge in [0.1, 0.15) is 5.82 Å². The number of H-pyrrole nitrogens is 1. The number of aliphatic carboxylic acids is 1. The van der Waals surface area contributed by atoms with Gasteiger partial charge in [0.05, 0.1) is 12.3 Å². The molecule has 0 atom stereocenters. The summed E-state index contributed by atoms with van der Waals surface area (Å²) < 4.78 is 13.5. The minimum Gasteiger partial charge on any atom is -0.481 e. The molecule has 23 heavy (non-hydrogen) atoms. The molecule has 1 aromatic carbocycles. The van der Waals surface area contributed by atoms with Crippen molar-refractivity contribution in [3.05, 3.63) is 35.3 Å². The Morgan fingerprint density at radius 3 is 2.70 bits per heavy atom. The molecule has 0 spiro atoms. The first-order valence-electron chi connectivity index (χ1n) is 7.73. The molecule has 0 unspecified atom stereocenters. The third-order valence-corrected chi connectivity index (χ3v) is 4.61. The van der Waals surface area contributed by atoms with Crippen molar-refractivity contribution in [3.8, 4) is 0 Å². The Kier molecular flexibility index (Phi) is 4.07. The number of aromatic amines is 1. The largest absolute Gasteiger partial charge is 0.481 e. The second kappa shape index (κ2) is 6.02. The number of fused-ring (bicyclic) bond motifs is 1. The molecular formula is C17H19FN2O3. The SMILES string of the molecule is Cc1[nH]c2ccc(F)cc2c1CC(=O)N1CCC(C(=O)O)CC1. The summed E-state index contributed by atoms with van der Waals surface area (Å²) in [5.74, 6) is -1.52. The Balaban J connectivity index is 1.75. The third-order valence-electron chi connectivity index (χ3n) is 4.61. The van der Waals surface area contributed by atoms with E-state index in [-0.39, 0.29) is 24.1 Å². The predicted octanol–water partition coefficient (Wildman–Crippen LogP) is 2.48. The molecular weight excluding hydrogens is 299 g/mol. The number of carbonyl (C=O) groups is 2. The fraction of sp³-hybridized carbons (Fsp3) is 0.412. The lowest BCUT2D eigenvalue weighted by Gasteiger charge is -2.30. The Morgan fingerprint density at radius 2 is 2.04 bits per heavy atom. The molecule has 0 aliphatic carbocycles. The van der Waals surface area contributed by atoms with Gasteiger partial charge in [-0.05, 0) is 43.5 Å². The van der Waals surface area contributed by atoms with E-state index < -0.39 is 5.97 Å². The summed E-state index contributed by atoms with van der Waals surface area (Å²) in [7, 11) is 0. The number of hydrogen-bond donors (Lipinski definition) is 2. The van der Waals surface area contributed by atoms with Gasteiger partial charge in [0.2, 0.25) is 5.91 Å². The molecule has 2 aromatic rings. The molecule has 122 valence electrons. The second-order valence-electron chi connectivity index (χ2n) is 6.09. The molecule has 1 aliphatic rings. The molecule has 0 bridgehead atoms. The molecule has 2 N–H and O–H groups in total. The van der Waals surface area contributed by atoms with Crippen LogP contribution in [0.5, 0.6) is 0 Å². The van der Waals surface area contributed by atoms with Crippen molar-refractivity contribution in [3.63, 3.8) is 0 Å². The van der Waals surface area contributed by atoms with Crippen LogP contribution in [0.2, 0.25) is 0 Å². The van der Waals surface area contributed by atoms with Gasteiger partial charge in [-0.3, -0.25) is 9.59 Å². The second-order valence-corrected chi connectivity index (χ2v) is 6.09. The Labute approximate surface area is 133 Å². The summed E-state index contributed by atoms with van der Waals surface area (Å²) in [4.78, 5) is 28.3. The van der Waals surface area contributed by atoms with E-state index in [0.29, 0.717) is 25.9 Å². The average Bonchev–Trinajstić information content (AvgIpc) is 2.83. The monoisotopic (exact) mass is 318 g/mol. The highest BCUT2D eigenvalue weighted by atomic mass is 19.1. The fourth-order valence-electron chi connectivity index (χ4n) is 3.22. The number of nitrogens with one attached hydrogen (secondary N) is 1. The van der Waals surface area contributed by atoms with Crippen molar-refractivity contribution < 1.29 is 19.1 Å². The van der Waals surface area contributed by atoms with Gasteiger partial charge in [0, 0.05) is 29.7 Å².